The van der Waals surface area contributed by atoms with Crippen molar-refractivity contribution in [3.8, 4) is 5.75 Å². The van der Waals surface area contributed by atoms with Gasteiger partial charge in [-0.3, -0.25) is 14.5 Å². The highest BCUT2D eigenvalue weighted by molar-refractivity contribution is 7.89. The number of carbonyl (C=O) groups excluding carboxylic acids is 3. The molecule has 2 unspecified atom stereocenters. The van der Waals surface area contributed by atoms with Gasteiger partial charge in [0, 0.05) is 11.6 Å². The van der Waals surface area contributed by atoms with Crippen LogP contribution in [0.3, 0.4) is 0 Å². The molecule has 10 nitrogen and oxygen atoms in total. The van der Waals surface area contributed by atoms with Crippen molar-refractivity contribution >= 4 is 39.5 Å². The quantitative estimate of drug-likeness (QED) is 0.506. The molecular weight excluding hydrogens is 496 g/mol. The number of halogens is 1. The van der Waals surface area contributed by atoms with Gasteiger partial charge in [0.05, 0.1) is 24.0 Å². The molecule has 35 heavy (non-hydrogen) atoms. The van der Waals surface area contributed by atoms with Crippen LogP contribution in [0.2, 0.25) is 5.02 Å². The molecule has 1 saturated heterocycles. The maximum Gasteiger partial charge on any atom is 0.325 e. The maximum atomic E-state index is 13.3. The molecule has 0 radical (unpaired) electrons. The van der Waals surface area contributed by atoms with E-state index >= 15 is 0 Å². The van der Waals surface area contributed by atoms with E-state index in [1.165, 1.54) is 25.3 Å². The molecule has 2 atom stereocenters. The Labute approximate surface area is 208 Å². The molecule has 0 bridgehead atoms. The first-order valence-electron chi connectivity index (χ1n) is 10.9. The fourth-order valence-corrected chi connectivity index (χ4v) is 4.65. The van der Waals surface area contributed by atoms with E-state index in [0.29, 0.717) is 28.3 Å². The van der Waals surface area contributed by atoms with Gasteiger partial charge < -0.3 is 15.4 Å². The molecule has 0 spiro atoms. The Kier molecular flexibility index (Phi) is 8.36. The van der Waals surface area contributed by atoms with E-state index in [4.69, 9.17) is 21.5 Å². The van der Waals surface area contributed by atoms with Crippen molar-refractivity contribution in [3.63, 3.8) is 0 Å². The average Bonchev–Trinajstić information content (AvgIpc) is 2.95. The Morgan fingerprint density at radius 1 is 1.29 bits per heavy atom. The number of primary sulfonamides is 1. The van der Waals surface area contributed by atoms with Crippen LogP contribution in [0.4, 0.5) is 4.79 Å². The van der Waals surface area contributed by atoms with Gasteiger partial charge in [0.2, 0.25) is 21.8 Å². The standard InChI is InChI=1S/C23H27ClN4O6S/c1-3-19(14-5-4-6-18(11-14)35(25,32)33)27-23(31)28-13-21(29)26-12-16(22(28)30)9-15-10-17(24)7-8-20(15)34-2/h4-8,10-11,16,19H,3,9,12-13H2,1-2H3,(H,26,29)(H,27,31)(H2,25,32,33). The Morgan fingerprint density at radius 3 is 2.69 bits per heavy atom. The summed E-state index contributed by atoms with van der Waals surface area (Å²) in [5, 5.41) is 11.1. The molecule has 0 saturated carbocycles. The van der Waals surface area contributed by atoms with Crippen molar-refractivity contribution in [2.24, 2.45) is 11.1 Å². The number of imide groups is 1. The van der Waals surface area contributed by atoms with Crippen LogP contribution in [0, 0.1) is 5.92 Å². The third-order valence-corrected chi connectivity index (χ3v) is 6.86. The number of urea groups is 1. The van der Waals surface area contributed by atoms with Crippen LogP contribution in [0.1, 0.15) is 30.5 Å². The van der Waals surface area contributed by atoms with Gasteiger partial charge >= 0.3 is 6.03 Å². The van der Waals surface area contributed by atoms with Crippen LogP contribution < -0.4 is 20.5 Å². The van der Waals surface area contributed by atoms with E-state index < -0.39 is 46.4 Å². The molecule has 0 aromatic heterocycles. The van der Waals surface area contributed by atoms with Crippen molar-refractivity contribution in [1.29, 1.82) is 0 Å². The van der Waals surface area contributed by atoms with Gasteiger partial charge in [-0.25, -0.2) is 18.4 Å². The van der Waals surface area contributed by atoms with Gasteiger partial charge in [-0.2, -0.15) is 0 Å². The second-order valence-corrected chi connectivity index (χ2v) is 10.1. The molecular formula is C23H27ClN4O6S. The minimum Gasteiger partial charge on any atom is -0.496 e. The fraction of sp³-hybridized carbons (Fsp3) is 0.348. The van der Waals surface area contributed by atoms with E-state index in [2.05, 4.69) is 10.6 Å². The first-order valence-corrected chi connectivity index (χ1v) is 12.8. The van der Waals surface area contributed by atoms with Gasteiger partial charge in [-0.05, 0) is 54.3 Å². The number of rotatable bonds is 7. The van der Waals surface area contributed by atoms with Gasteiger partial charge in [-0.1, -0.05) is 30.7 Å². The molecule has 0 aliphatic carbocycles. The fourth-order valence-electron chi connectivity index (χ4n) is 3.88. The summed E-state index contributed by atoms with van der Waals surface area (Å²) in [7, 11) is -2.43. The molecule has 1 fully saturated rings. The number of benzene rings is 2. The smallest absolute Gasteiger partial charge is 0.325 e. The second-order valence-electron chi connectivity index (χ2n) is 8.11. The second kappa shape index (κ2) is 11.1. The molecule has 1 aliphatic heterocycles. The molecule has 2 aromatic rings. The van der Waals surface area contributed by atoms with Crippen molar-refractivity contribution in [1.82, 2.24) is 15.5 Å². The van der Waals surface area contributed by atoms with Gasteiger partial charge in [0.1, 0.15) is 12.3 Å². The minimum absolute atomic E-state index is 0.0464. The number of amides is 4. The molecule has 3 rings (SSSR count). The molecule has 1 aliphatic rings. The van der Waals surface area contributed by atoms with E-state index in [-0.39, 0.29) is 17.9 Å². The Bertz CT molecular complexity index is 1240. The number of ether oxygens (including phenoxy) is 1. The van der Waals surface area contributed by atoms with Crippen LogP contribution in [0.15, 0.2) is 47.4 Å². The third-order valence-electron chi connectivity index (χ3n) is 5.71. The molecule has 4 amide bonds. The molecule has 4 N–H and O–H groups in total. The number of nitrogens with zero attached hydrogens (tertiary/aromatic N) is 1. The highest BCUT2D eigenvalue weighted by Crippen LogP contribution is 2.27. The first-order chi connectivity index (χ1) is 16.5. The maximum absolute atomic E-state index is 13.3. The number of hydrogen-bond donors (Lipinski definition) is 3. The SMILES string of the molecule is CCC(NC(=O)N1CC(=O)NCC(Cc2cc(Cl)ccc2OC)C1=O)c1cccc(S(N)(=O)=O)c1. The monoisotopic (exact) mass is 522 g/mol. The highest BCUT2D eigenvalue weighted by atomic mass is 35.5. The number of nitrogens with one attached hydrogen (secondary N) is 2. The summed E-state index contributed by atoms with van der Waals surface area (Å²) >= 11 is 6.10. The number of sulfonamides is 1. The zero-order valence-corrected chi connectivity index (χ0v) is 20.9. The number of hydrogen-bond acceptors (Lipinski definition) is 6. The lowest BCUT2D eigenvalue weighted by atomic mass is 9.97. The summed E-state index contributed by atoms with van der Waals surface area (Å²) in [4.78, 5) is 39.5. The Hall–Kier alpha value is -3.15. The third kappa shape index (κ3) is 6.50. The van der Waals surface area contributed by atoms with E-state index in [0.717, 1.165) is 4.90 Å². The zero-order valence-electron chi connectivity index (χ0n) is 19.3. The van der Waals surface area contributed by atoms with Crippen LogP contribution in [-0.2, 0) is 26.0 Å². The van der Waals surface area contributed by atoms with E-state index in [1.807, 2.05) is 0 Å². The predicted molar refractivity (Wildman–Crippen MR) is 129 cm³/mol. The first kappa shape index (κ1) is 26.5. The van der Waals surface area contributed by atoms with Crippen molar-refractivity contribution in [2.75, 3.05) is 20.2 Å². The summed E-state index contributed by atoms with van der Waals surface area (Å²) in [6.45, 7) is 1.39. The summed E-state index contributed by atoms with van der Waals surface area (Å²) in [6, 6.07) is 9.53. The largest absolute Gasteiger partial charge is 0.496 e. The summed E-state index contributed by atoms with van der Waals surface area (Å²) in [5.41, 5.74) is 1.17. The summed E-state index contributed by atoms with van der Waals surface area (Å²) < 4.78 is 28.8. The lowest BCUT2D eigenvalue weighted by molar-refractivity contribution is -0.133. The Morgan fingerprint density at radius 2 is 2.03 bits per heavy atom. The van der Waals surface area contributed by atoms with E-state index in [9.17, 15) is 22.8 Å². The van der Waals surface area contributed by atoms with Crippen molar-refractivity contribution in [2.45, 2.75) is 30.7 Å². The molecule has 188 valence electrons. The molecule has 1 heterocycles. The van der Waals surface area contributed by atoms with E-state index in [1.54, 1.807) is 31.2 Å². The molecule has 2 aromatic carbocycles. The van der Waals surface area contributed by atoms with Crippen LogP contribution in [0.5, 0.6) is 5.75 Å². The predicted octanol–water partition coefficient (Wildman–Crippen LogP) is 1.97. The number of methoxy groups -OCH3 is 1. The van der Waals surface area contributed by atoms with Gasteiger partial charge in [0.25, 0.3) is 0 Å². The summed E-state index contributed by atoms with van der Waals surface area (Å²) in [5.74, 6) is -1.20. The normalized spacial score (nSPS) is 17.4. The minimum atomic E-state index is -3.93. The topological polar surface area (TPSA) is 148 Å². The molecule has 12 heteroatoms. The number of nitrogens with two attached hydrogens (primary N) is 1. The van der Waals surface area contributed by atoms with Crippen LogP contribution in [-0.4, -0.2) is 51.4 Å². The Balaban J connectivity index is 1.83. The van der Waals surface area contributed by atoms with Crippen molar-refractivity contribution in [3.05, 3.63) is 58.6 Å². The lowest BCUT2D eigenvalue weighted by Gasteiger charge is -2.25. The average molecular weight is 523 g/mol. The summed E-state index contributed by atoms with van der Waals surface area (Å²) in [6.07, 6.45) is 0.595. The van der Waals surface area contributed by atoms with Crippen LogP contribution >= 0.6 is 11.6 Å². The lowest BCUT2D eigenvalue weighted by Crippen LogP contribution is -2.48. The zero-order chi connectivity index (χ0) is 25.8. The van der Waals surface area contributed by atoms with Crippen LogP contribution in [0.25, 0.3) is 0 Å². The highest BCUT2D eigenvalue weighted by Gasteiger charge is 2.35. The van der Waals surface area contributed by atoms with Crippen molar-refractivity contribution < 1.29 is 27.5 Å². The van der Waals surface area contributed by atoms with Gasteiger partial charge in [0.15, 0.2) is 0 Å². The number of carbonyl (C=O) groups is 3. The van der Waals surface area contributed by atoms with Gasteiger partial charge in [-0.15, -0.1) is 0 Å².